The summed E-state index contributed by atoms with van der Waals surface area (Å²) in [6.07, 6.45) is 3.35. The number of fused-ring (bicyclic) bond motifs is 1. The van der Waals surface area contributed by atoms with Crippen molar-refractivity contribution in [1.82, 2.24) is 4.90 Å². The lowest BCUT2D eigenvalue weighted by atomic mass is 10.0. The van der Waals surface area contributed by atoms with Crippen molar-refractivity contribution < 1.29 is 13.9 Å². The SMILES string of the molecule is Fc1cc2c(c(CN3CCCCC3)c1)OC(c1ccsc1)OC2. The predicted molar refractivity (Wildman–Crippen MR) is 88.0 cm³/mol. The van der Waals surface area contributed by atoms with Gasteiger partial charge in [0, 0.05) is 28.6 Å². The number of piperidine rings is 1. The summed E-state index contributed by atoms with van der Waals surface area (Å²) >= 11 is 1.62. The molecule has 1 unspecified atom stereocenters. The molecule has 1 aromatic carbocycles. The van der Waals surface area contributed by atoms with Crippen LogP contribution in [-0.2, 0) is 17.9 Å². The standard InChI is InChI=1S/C18H20FNO2S/c19-16-8-14(10-20-5-2-1-3-6-20)17-15(9-16)11-21-18(22-17)13-4-7-23-12-13/h4,7-9,12,18H,1-3,5-6,10-11H2. The van der Waals surface area contributed by atoms with Crippen LogP contribution in [-0.4, -0.2) is 18.0 Å². The Bertz CT molecular complexity index is 668. The van der Waals surface area contributed by atoms with E-state index in [2.05, 4.69) is 4.90 Å². The Kier molecular flexibility index (Phi) is 4.33. The van der Waals surface area contributed by atoms with Gasteiger partial charge in [0.25, 0.3) is 0 Å². The van der Waals surface area contributed by atoms with E-state index in [1.54, 1.807) is 17.4 Å². The Hall–Kier alpha value is -1.43. The Labute approximate surface area is 139 Å². The van der Waals surface area contributed by atoms with Gasteiger partial charge in [-0.1, -0.05) is 6.42 Å². The molecule has 3 heterocycles. The van der Waals surface area contributed by atoms with Crippen LogP contribution in [0.4, 0.5) is 4.39 Å². The molecule has 1 saturated heterocycles. The zero-order valence-corrected chi connectivity index (χ0v) is 13.8. The summed E-state index contributed by atoms with van der Waals surface area (Å²) in [6, 6.07) is 5.15. The van der Waals surface area contributed by atoms with Crippen molar-refractivity contribution >= 4 is 11.3 Å². The minimum atomic E-state index is -0.390. The normalized spacial score (nSPS) is 21.7. The average Bonchev–Trinajstić information content (AvgIpc) is 3.10. The van der Waals surface area contributed by atoms with E-state index in [0.717, 1.165) is 42.1 Å². The molecule has 0 N–H and O–H groups in total. The van der Waals surface area contributed by atoms with Crippen molar-refractivity contribution in [2.24, 2.45) is 0 Å². The van der Waals surface area contributed by atoms with Gasteiger partial charge in [0.1, 0.15) is 11.6 Å². The first kappa shape index (κ1) is 15.1. The Morgan fingerprint density at radius 1 is 1.22 bits per heavy atom. The fourth-order valence-electron chi connectivity index (χ4n) is 3.33. The van der Waals surface area contributed by atoms with Crippen LogP contribution in [0.15, 0.2) is 29.0 Å². The zero-order chi connectivity index (χ0) is 15.6. The van der Waals surface area contributed by atoms with Crippen molar-refractivity contribution in [1.29, 1.82) is 0 Å². The maximum atomic E-state index is 14.0. The van der Waals surface area contributed by atoms with Gasteiger partial charge >= 0.3 is 0 Å². The average molecular weight is 333 g/mol. The molecule has 0 aliphatic carbocycles. The lowest BCUT2D eigenvalue weighted by Gasteiger charge is -2.31. The molecule has 1 fully saturated rings. The van der Waals surface area contributed by atoms with E-state index < -0.39 is 0 Å². The minimum absolute atomic E-state index is 0.211. The van der Waals surface area contributed by atoms with Crippen LogP contribution in [0.2, 0.25) is 0 Å². The largest absolute Gasteiger partial charge is 0.460 e. The molecule has 3 nitrogen and oxygen atoms in total. The summed E-state index contributed by atoms with van der Waals surface area (Å²) < 4.78 is 25.8. The fraction of sp³-hybridized carbons (Fsp3) is 0.444. The van der Waals surface area contributed by atoms with Gasteiger partial charge in [-0.25, -0.2) is 4.39 Å². The summed E-state index contributed by atoms with van der Waals surface area (Å²) in [5.41, 5.74) is 2.77. The maximum absolute atomic E-state index is 14.0. The van der Waals surface area contributed by atoms with E-state index in [4.69, 9.17) is 9.47 Å². The van der Waals surface area contributed by atoms with Gasteiger partial charge in [0.05, 0.1) is 6.61 Å². The number of halogens is 1. The number of hydrogen-bond donors (Lipinski definition) is 0. The first-order chi connectivity index (χ1) is 11.3. The molecule has 2 aliphatic rings. The van der Waals surface area contributed by atoms with Gasteiger partial charge in [-0.2, -0.15) is 11.3 Å². The van der Waals surface area contributed by atoms with E-state index in [9.17, 15) is 4.39 Å². The number of rotatable bonds is 3. The van der Waals surface area contributed by atoms with E-state index in [1.165, 1.54) is 25.3 Å². The lowest BCUT2D eigenvalue weighted by Crippen LogP contribution is -2.30. The van der Waals surface area contributed by atoms with Gasteiger partial charge in [-0.3, -0.25) is 4.90 Å². The second-order valence-corrected chi connectivity index (χ2v) is 6.99. The molecule has 0 amide bonds. The molecule has 0 bridgehead atoms. The van der Waals surface area contributed by atoms with Crippen LogP contribution in [0, 0.1) is 5.82 Å². The molecule has 0 spiro atoms. The molecule has 1 atom stereocenters. The summed E-state index contributed by atoms with van der Waals surface area (Å²) in [5.74, 6) is 0.594. The number of likely N-dealkylation sites (tertiary alicyclic amines) is 1. The number of ether oxygens (including phenoxy) is 2. The highest BCUT2D eigenvalue weighted by Crippen LogP contribution is 2.37. The first-order valence-electron chi connectivity index (χ1n) is 8.13. The number of benzene rings is 1. The lowest BCUT2D eigenvalue weighted by molar-refractivity contribution is -0.112. The molecular weight excluding hydrogens is 313 g/mol. The Morgan fingerprint density at radius 3 is 2.87 bits per heavy atom. The summed E-state index contributed by atoms with van der Waals surface area (Å²) in [4.78, 5) is 2.39. The second kappa shape index (κ2) is 6.59. The summed E-state index contributed by atoms with van der Waals surface area (Å²) in [5, 5.41) is 4.04. The zero-order valence-electron chi connectivity index (χ0n) is 13.0. The maximum Gasteiger partial charge on any atom is 0.227 e. The van der Waals surface area contributed by atoms with E-state index in [-0.39, 0.29) is 12.1 Å². The van der Waals surface area contributed by atoms with Gasteiger partial charge in [-0.05, 0) is 49.5 Å². The van der Waals surface area contributed by atoms with Crippen LogP contribution >= 0.6 is 11.3 Å². The third-order valence-electron chi connectivity index (χ3n) is 4.48. The molecule has 5 heteroatoms. The third-order valence-corrected chi connectivity index (χ3v) is 5.18. The summed E-state index contributed by atoms with van der Waals surface area (Å²) in [6.45, 7) is 3.29. The second-order valence-electron chi connectivity index (χ2n) is 6.21. The van der Waals surface area contributed by atoms with E-state index >= 15 is 0 Å². The number of thiophene rings is 1. The smallest absolute Gasteiger partial charge is 0.227 e. The molecule has 2 aliphatic heterocycles. The fourth-order valence-corrected chi connectivity index (χ4v) is 3.99. The van der Waals surface area contributed by atoms with Crippen LogP contribution < -0.4 is 4.74 Å². The predicted octanol–water partition coefficient (Wildman–Crippen LogP) is 4.48. The number of nitrogens with zero attached hydrogens (tertiary/aromatic N) is 1. The monoisotopic (exact) mass is 333 g/mol. The molecule has 2 aromatic rings. The van der Waals surface area contributed by atoms with Gasteiger partial charge in [-0.15, -0.1) is 0 Å². The van der Waals surface area contributed by atoms with Crippen molar-refractivity contribution in [2.45, 2.75) is 38.7 Å². The van der Waals surface area contributed by atoms with Crippen LogP contribution in [0.25, 0.3) is 0 Å². The van der Waals surface area contributed by atoms with Crippen molar-refractivity contribution in [2.75, 3.05) is 13.1 Å². The minimum Gasteiger partial charge on any atom is -0.460 e. The Morgan fingerprint density at radius 2 is 2.09 bits per heavy atom. The van der Waals surface area contributed by atoms with Crippen LogP contribution in [0.1, 0.15) is 42.2 Å². The molecule has 4 rings (SSSR count). The topological polar surface area (TPSA) is 21.7 Å². The van der Waals surface area contributed by atoms with Crippen molar-refractivity contribution in [3.8, 4) is 5.75 Å². The van der Waals surface area contributed by atoms with Crippen molar-refractivity contribution in [3.05, 3.63) is 51.5 Å². The van der Waals surface area contributed by atoms with Gasteiger partial charge < -0.3 is 9.47 Å². The third kappa shape index (κ3) is 3.27. The van der Waals surface area contributed by atoms with Crippen LogP contribution in [0.3, 0.4) is 0 Å². The highest BCUT2D eigenvalue weighted by Gasteiger charge is 2.26. The molecule has 1 aromatic heterocycles. The van der Waals surface area contributed by atoms with Crippen molar-refractivity contribution in [3.63, 3.8) is 0 Å². The first-order valence-corrected chi connectivity index (χ1v) is 9.08. The van der Waals surface area contributed by atoms with E-state index in [1.807, 2.05) is 16.8 Å². The van der Waals surface area contributed by atoms with Gasteiger partial charge in [0.15, 0.2) is 0 Å². The molecule has 23 heavy (non-hydrogen) atoms. The molecule has 122 valence electrons. The molecule has 0 radical (unpaired) electrons. The van der Waals surface area contributed by atoms with E-state index in [0.29, 0.717) is 6.61 Å². The highest BCUT2D eigenvalue weighted by molar-refractivity contribution is 7.07. The summed E-state index contributed by atoms with van der Waals surface area (Å²) in [7, 11) is 0. The molecule has 0 saturated carbocycles. The van der Waals surface area contributed by atoms with Crippen LogP contribution in [0.5, 0.6) is 5.75 Å². The number of hydrogen-bond acceptors (Lipinski definition) is 4. The van der Waals surface area contributed by atoms with Gasteiger partial charge in [0.2, 0.25) is 6.29 Å². The Balaban J connectivity index is 1.60. The molecular formula is C18H20FNO2S. The quantitative estimate of drug-likeness (QED) is 0.826. The highest BCUT2D eigenvalue weighted by atomic mass is 32.1.